The summed E-state index contributed by atoms with van der Waals surface area (Å²) in [6.07, 6.45) is 2.92. The molecule has 0 aliphatic heterocycles. The van der Waals surface area contributed by atoms with E-state index in [4.69, 9.17) is 0 Å². The Balaban J connectivity index is 2.38. The van der Waals surface area contributed by atoms with Gasteiger partial charge in [0, 0.05) is 11.9 Å². The van der Waals surface area contributed by atoms with Crippen molar-refractivity contribution in [1.82, 2.24) is 9.97 Å². The molecule has 2 nitrogen and oxygen atoms in total. The smallest absolute Gasteiger partial charge is 0.0881 e. The van der Waals surface area contributed by atoms with Crippen LogP contribution in [-0.4, -0.2) is 9.97 Å². The number of hydrogen-bond donors (Lipinski definition) is 1. The summed E-state index contributed by atoms with van der Waals surface area (Å²) < 4.78 is 0. The molecule has 0 atom stereocenters. The standard InChI is InChI=1S/C11H14N2/c1-8(2)6-9-7-11-10(13-9)4-3-5-12-11/h3-5,7-8,13H,6H2,1-2H3. The molecule has 0 aromatic carbocycles. The Kier molecular flexibility index (Phi) is 2.05. The van der Waals surface area contributed by atoms with Crippen LogP contribution in [0.1, 0.15) is 19.5 Å². The third-order valence-corrected chi connectivity index (χ3v) is 2.07. The summed E-state index contributed by atoms with van der Waals surface area (Å²) in [4.78, 5) is 7.64. The highest BCUT2D eigenvalue weighted by Crippen LogP contribution is 2.14. The van der Waals surface area contributed by atoms with Crippen molar-refractivity contribution < 1.29 is 0 Å². The second kappa shape index (κ2) is 3.21. The molecule has 0 saturated carbocycles. The maximum absolute atomic E-state index is 4.28. The van der Waals surface area contributed by atoms with Gasteiger partial charge in [-0.25, -0.2) is 0 Å². The number of aromatic amines is 1. The Hall–Kier alpha value is -1.31. The largest absolute Gasteiger partial charge is 0.357 e. The van der Waals surface area contributed by atoms with E-state index in [1.54, 1.807) is 0 Å². The van der Waals surface area contributed by atoms with Gasteiger partial charge in [-0.3, -0.25) is 4.98 Å². The highest BCUT2D eigenvalue weighted by molar-refractivity contribution is 5.75. The first kappa shape index (κ1) is 8.30. The van der Waals surface area contributed by atoms with Crippen molar-refractivity contribution in [2.24, 2.45) is 5.92 Å². The van der Waals surface area contributed by atoms with Crippen molar-refractivity contribution in [1.29, 1.82) is 0 Å². The van der Waals surface area contributed by atoms with Crippen LogP contribution in [0.25, 0.3) is 11.0 Å². The van der Waals surface area contributed by atoms with Crippen LogP contribution in [0, 0.1) is 5.92 Å². The first-order valence-corrected chi connectivity index (χ1v) is 4.68. The summed E-state index contributed by atoms with van der Waals surface area (Å²) in [6.45, 7) is 4.44. The van der Waals surface area contributed by atoms with Gasteiger partial charge in [-0.1, -0.05) is 13.8 Å². The third-order valence-electron chi connectivity index (χ3n) is 2.07. The fourth-order valence-corrected chi connectivity index (χ4v) is 1.56. The van der Waals surface area contributed by atoms with Gasteiger partial charge in [0.1, 0.15) is 0 Å². The van der Waals surface area contributed by atoms with Crippen LogP contribution in [0.3, 0.4) is 0 Å². The number of fused-ring (bicyclic) bond motifs is 1. The minimum atomic E-state index is 0.688. The quantitative estimate of drug-likeness (QED) is 0.745. The maximum Gasteiger partial charge on any atom is 0.0881 e. The molecule has 13 heavy (non-hydrogen) atoms. The molecule has 0 radical (unpaired) electrons. The SMILES string of the molecule is CC(C)Cc1cc2ncccc2[nH]1. The van der Waals surface area contributed by atoms with E-state index in [9.17, 15) is 0 Å². The zero-order chi connectivity index (χ0) is 9.26. The van der Waals surface area contributed by atoms with Crippen molar-refractivity contribution in [2.45, 2.75) is 20.3 Å². The molecule has 0 aliphatic carbocycles. The van der Waals surface area contributed by atoms with E-state index in [-0.39, 0.29) is 0 Å². The van der Waals surface area contributed by atoms with Gasteiger partial charge >= 0.3 is 0 Å². The second-order valence-electron chi connectivity index (χ2n) is 3.83. The second-order valence-corrected chi connectivity index (χ2v) is 3.83. The average Bonchev–Trinajstić information content (AvgIpc) is 2.44. The van der Waals surface area contributed by atoms with E-state index in [2.05, 4.69) is 35.9 Å². The lowest BCUT2D eigenvalue weighted by Crippen LogP contribution is -1.93. The molecule has 2 heterocycles. The first-order valence-electron chi connectivity index (χ1n) is 4.68. The molecule has 1 N–H and O–H groups in total. The molecule has 0 aliphatic rings. The Labute approximate surface area is 78.0 Å². The van der Waals surface area contributed by atoms with Crippen LogP contribution in [0.5, 0.6) is 0 Å². The molecule has 2 aromatic rings. The molecule has 0 unspecified atom stereocenters. The van der Waals surface area contributed by atoms with Gasteiger partial charge in [-0.2, -0.15) is 0 Å². The number of rotatable bonds is 2. The maximum atomic E-state index is 4.28. The topological polar surface area (TPSA) is 28.7 Å². The van der Waals surface area contributed by atoms with Crippen molar-refractivity contribution in [2.75, 3.05) is 0 Å². The number of hydrogen-bond acceptors (Lipinski definition) is 1. The summed E-state index contributed by atoms with van der Waals surface area (Å²) >= 11 is 0. The lowest BCUT2D eigenvalue weighted by molar-refractivity contribution is 0.638. The van der Waals surface area contributed by atoms with Crippen LogP contribution in [0.2, 0.25) is 0 Å². The van der Waals surface area contributed by atoms with Crippen LogP contribution < -0.4 is 0 Å². The molecule has 2 heteroatoms. The van der Waals surface area contributed by atoms with Crippen molar-refractivity contribution >= 4 is 11.0 Å². The third kappa shape index (κ3) is 1.72. The predicted molar refractivity (Wildman–Crippen MR) is 54.6 cm³/mol. The van der Waals surface area contributed by atoms with Crippen molar-refractivity contribution in [3.63, 3.8) is 0 Å². The molecular formula is C11H14N2. The summed E-state index contributed by atoms with van der Waals surface area (Å²) in [5.41, 5.74) is 3.49. The van der Waals surface area contributed by atoms with E-state index < -0.39 is 0 Å². The molecule has 0 saturated heterocycles. The van der Waals surface area contributed by atoms with E-state index in [0.717, 1.165) is 17.5 Å². The lowest BCUT2D eigenvalue weighted by atomic mass is 10.1. The van der Waals surface area contributed by atoms with Crippen LogP contribution in [-0.2, 0) is 6.42 Å². The van der Waals surface area contributed by atoms with Crippen molar-refractivity contribution in [3.8, 4) is 0 Å². The van der Waals surface area contributed by atoms with E-state index in [1.807, 2.05) is 12.3 Å². The molecule has 68 valence electrons. The lowest BCUT2D eigenvalue weighted by Gasteiger charge is -1.99. The van der Waals surface area contributed by atoms with Gasteiger partial charge in [0.05, 0.1) is 11.0 Å². The number of aromatic nitrogens is 2. The molecule has 0 amide bonds. The van der Waals surface area contributed by atoms with E-state index in [1.165, 1.54) is 5.69 Å². The van der Waals surface area contributed by atoms with Crippen molar-refractivity contribution in [3.05, 3.63) is 30.1 Å². The minimum Gasteiger partial charge on any atom is -0.357 e. The van der Waals surface area contributed by atoms with Gasteiger partial charge in [0.25, 0.3) is 0 Å². The Morgan fingerprint density at radius 2 is 2.31 bits per heavy atom. The van der Waals surface area contributed by atoms with Crippen LogP contribution >= 0.6 is 0 Å². The Bertz CT molecular complexity index is 368. The summed E-state index contributed by atoms with van der Waals surface area (Å²) in [7, 11) is 0. The summed E-state index contributed by atoms with van der Waals surface area (Å²) in [5.74, 6) is 0.688. The Morgan fingerprint density at radius 3 is 3.00 bits per heavy atom. The zero-order valence-electron chi connectivity index (χ0n) is 8.04. The fourth-order valence-electron chi connectivity index (χ4n) is 1.56. The molecule has 0 bridgehead atoms. The van der Waals surface area contributed by atoms with Crippen LogP contribution in [0.4, 0.5) is 0 Å². The average molecular weight is 174 g/mol. The molecule has 0 spiro atoms. The molecule has 2 aromatic heterocycles. The van der Waals surface area contributed by atoms with Crippen LogP contribution in [0.15, 0.2) is 24.4 Å². The van der Waals surface area contributed by atoms with Gasteiger partial charge in [-0.05, 0) is 30.5 Å². The fraction of sp³-hybridized carbons (Fsp3) is 0.364. The minimum absolute atomic E-state index is 0.688. The normalized spacial score (nSPS) is 11.3. The highest BCUT2D eigenvalue weighted by atomic mass is 14.8. The number of H-pyrrole nitrogens is 1. The molecule has 0 fully saturated rings. The van der Waals surface area contributed by atoms with E-state index >= 15 is 0 Å². The monoisotopic (exact) mass is 174 g/mol. The highest BCUT2D eigenvalue weighted by Gasteiger charge is 2.02. The first-order chi connectivity index (χ1) is 6.25. The van der Waals surface area contributed by atoms with Gasteiger partial charge < -0.3 is 4.98 Å². The number of nitrogens with zero attached hydrogens (tertiary/aromatic N) is 1. The number of pyridine rings is 1. The predicted octanol–water partition coefficient (Wildman–Crippen LogP) is 2.76. The molecule has 2 rings (SSSR count). The molecular weight excluding hydrogens is 160 g/mol. The summed E-state index contributed by atoms with van der Waals surface area (Å²) in [5, 5.41) is 0. The summed E-state index contributed by atoms with van der Waals surface area (Å²) in [6, 6.07) is 6.15. The van der Waals surface area contributed by atoms with E-state index in [0.29, 0.717) is 5.92 Å². The number of nitrogens with one attached hydrogen (secondary N) is 1. The Morgan fingerprint density at radius 1 is 1.46 bits per heavy atom. The van der Waals surface area contributed by atoms with Gasteiger partial charge in [0.2, 0.25) is 0 Å². The van der Waals surface area contributed by atoms with Gasteiger partial charge in [0.15, 0.2) is 0 Å². The zero-order valence-corrected chi connectivity index (χ0v) is 8.04. The van der Waals surface area contributed by atoms with Gasteiger partial charge in [-0.15, -0.1) is 0 Å².